The summed E-state index contributed by atoms with van der Waals surface area (Å²) in [5.41, 5.74) is 5.27. The molecule has 0 saturated carbocycles. The lowest BCUT2D eigenvalue weighted by atomic mass is 10.2. The molecule has 0 bridgehead atoms. The van der Waals surface area contributed by atoms with E-state index in [0.29, 0.717) is 6.42 Å². The van der Waals surface area contributed by atoms with E-state index < -0.39 is 13.0 Å². The number of hydrogen-bond acceptors (Lipinski definition) is 3. The molecule has 0 aromatic heterocycles. The lowest BCUT2D eigenvalue weighted by molar-refractivity contribution is 0.0140. The summed E-state index contributed by atoms with van der Waals surface area (Å²) in [4.78, 5) is 0. The predicted octanol–water partition coefficient (Wildman–Crippen LogP) is -0.0222. The van der Waals surface area contributed by atoms with Gasteiger partial charge >= 0.3 is 0 Å². The van der Waals surface area contributed by atoms with Crippen LogP contribution in [0.5, 0.6) is 0 Å². The van der Waals surface area contributed by atoms with Crippen LogP contribution in [0.25, 0.3) is 0 Å². The van der Waals surface area contributed by atoms with Crippen LogP contribution in [-0.2, 0) is 4.74 Å². The smallest absolute Gasteiger partial charge is 0.261 e. The highest BCUT2D eigenvalue weighted by Gasteiger charge is 2.03. The highest BCUT2D eigenvalue weighted by atomic mass is 19.3. The minimum absolute atomic E-state index is 0.141. The fourth-order valence-electron chi connectivity index (χ4n) is 0.498. The van der Waals surface area contributed by atoms with Crippen molar-refractivity contribution >= 4 is 0 Å². The predicted molar refractivity (Wildman–Crippen MR) is 36.5 cm³/mol. The summed E-state index contributed by atoms with van der Waals surface area (Å²) in [6.07, 6.45) is -2.02. The van der Waals surface area contributed by atoms with Crippen molar-refractivity contribution in [3.05, 3.63) is 0 Å². The maximum Gasteiger partial charge on any atom is 0.261 e. The molecule has 0 aliphatic rings. The van der Waals surface area contributed by atoms with Crippen LogP contribution in [0.4, 0.5) is 8.78 Å². The molecule has 0 amide bonds. The van der Waals surface area contributed by atoms with Gasteiger partial charge in [0.25, 0.3) is 6.43 Å². The molecule has 1 atom stereocenters. The van der Waals surface area contributed by atoms with E-state index in [2.05, 4.69) is 4.74 Å². The van der Waals surface area contributed by atoms with E-state index in [1.54, 1.807) is 0 Å². The third-order valence-corrected chi connectivity index (χ3v) is 1.11. The van der Waals surface area contributed by atoms with E-state index in [4.69, 9.17) is 10.8 Å². The van der Waals surface area contributed by atoms with E-state index in [0.717, 1.165) is 0 Å². The van der Waals surface area contributed by atoms with E-state index in [-0.39, 0.29) is 19.3 Å². The number of rotatable bonds is 6. The average molecular weight is 169 g/mol. The van der Waals surface area contributed by atoms with Gasteiger partial charge < -0.3 is 15.6 Å². The molecule has 11 heavy (non-hydrogen) atoms. The number of halogens is 2. The monoisotopic (exact) mass is 169 g/mol. The van der Waals surface area contributed by atoms with E-state index >= 15 is 0 Å². The fraction of sp³-hybridized carbons (Fsp3) is 1.00. The topological polar surface area (TPSA) is 55.5 Å². The Morgan fingerprint density at radius 3 is 2.55 bits per heavy atom. The normalized spacial score (nSPS) is 13.9. The van der Waals surface area contributed by atoms with Gasteiger partial charge in [0, 0.05) is 12.6 Å². The average Bonchev–Trinajstić information content (AvgIpc) is 1.97. The van der Waals surface area contributed by atoms with Gasteiger partial charge in [-0.2, -0.15) is 0 Å². The number of alkyl halides is 2. The van der Waals surface area contributed by atoms with Gasteiger partial charge in [0.05, 0.1) is 6.61 Å². The molecular weight excluding hydrogens is 156 g/mol. The van der Waals surface area contributed by atoms with Crippen molar-refractivity contribution < 1.29 is 18.6 Å². The van der Waals surface area contributed by atoms with Crippen LogP contribution >= 0.6 is 0 Å². The van der Waals surface area contributed by atoms with Gasteiger partial charge in [0.1, 0.15) is 6.61 Å². The Morgan fingerprint density at radius 1 is 1.45 bits per heavy atom. The molecule has 3 N–H and O–H groups in total. The zero-order valence-corrected chi connectivity index (χ0v) is 6.17. The standard InChI is InChI=1S/C6H13F2NO2/c7-6(8)4-11-2-1-5(9)3-10/h5-6,10H,1-4,9H2. The van der Waals surface area contributed by atoms with Gasteiger partial charge in [0.15, 0.2) is 0 Å². The largest absolute Gasteiger partial charge is 0.395 e. The number of hydrogen-bond donors (Lipinski definition) is 2. The molecule has 0 spiro atoms. The van der Waals surface area contributed by atoms with Crippen molar-refractivity contribution in [1.82, 2.24) is 0 Å². The van der Waals surface area contributed by atoms with Crippen molar-refractivity contribution in [2.45, 2.75) is 18.9 Å². The van der Waals surface area contributed by atoms with Crippen LogP contribution in [0.2, 0.25) is 0 Å². The van der Waals surface area contributed by atoms with Crippen LogP contribution in [0.1, 0.15) is 6.42 Å². The molecule has 0 radical (unpaired) electrons. The molecule has 1 unspecified atom stereocenters. The van der Waals surface area contributed by atoms with Crippen molar-refractivity contribution in [2.24, 2.45) is 5.73 Å². The zero-order valence-electron chi connectivity index (χ0n) is 6.17. The zero-order chi connectivity index (χ0) is 8.69. The summed E-state index contributed by atoms with van der Waals surface area (Å²) in [6.45, 7) is -0.526. The summed E-state index contributed by atoms with van der Waals surface area (Å²) in [7, 11) is 0. The van der Waals surface area contributed by atoms with Crippen LogP contribution in [0.3, 0.4) is 0 Å². The van der Waals surface area contributed by atoms with Gasteiger partial charge in [0.2, 0.25) is 0 Å². The number of aliphatic hydroxyl groups excluding tert-OH is 1. The summed E-state index contributed by atoms with van der Waals surface area (Å²) in [5.74, 6) is 0. The minimum Gasteiger partial charge on any atom is -0.395 e. The Bertz CT molecular complexity index is 92.7. The molecule has 68 valence electrons. The third kappa shape index (κ3) is 7.64. The molecule has 0 aliphatic carbocycles. The maximum absolute atomic E-state index is 11.4. The number of aliphatic hydroxyl groups is 1. The molecule has 0 aromatic carbocycles. The Hall–Kier alpha value is -0.260. The summed E-state index contributed by atoms with van der Waals surface area (Å²) in [5, 5.41) is 8.41. The second-order valence-corrected chi connectivity index (χ2v) is 2.20. The number of nitrogens with two attached hydrogens (primary N) is 1. The Labute approximate surface area is 64.1 Å². The van der Waals surface area contributed by atoms with Gasteiger partial charge in [-0.25, -0.2) is 8.78 Å². The van der Waals surface area contributed by atoms with Crippen LogP contribution in [0, 0.1) is 0 Å². The SMILES string of the molecule is NC(CO)CCOCC(F)F. The molecule has 0 heterocycles. The fourth-order valence-corrected chi connectivity index (χ4v) is 0.498. The van der Waals surface area contributed by atoms with E-state index in [1.165, 1.54) is 0 Å². The first-order valence-electron chi connectivity index (χ1n) is 3.39. The summed E-state index contributed by atoms with van der Waals surface area (Å²) < 4.78 is 27.4. The van der Waals surface area contributed by atoms with Crippen molar-refractivity contribution in [1.29, 1.82) is 0 Å². The minimum atomic E-state index is -2.43. The first kappa shape index (κ1) is 10.7. The lowest BCUT2D eigenvalue weighted by Gasteiger charge is -2.07. The van der Waals surface area contributed by atoms with Crippen LogP contribution in [-0.4, -0.2) is 37.4 Å². The molecule has 3 nitrogen and oxygen atoms in total. The summed E-state index contributed by atoms with van der Waals surface area (Å²) in [6, 6.07) is -0.368. The highest BCUT2D eigenvalue weighted by Crippen LogP contribution is 1.94. The first-order valence-corrected chi connectivity index (χ1v) is 3.39. The van der Waals surface area contributed by atoms with Gasteiger partial charge in [-0.15, -0.1) is 0 Å². The number of ether oxygens (including phenoxy) is 1. The second kappa shape index (κ2) is 6.45. The van der Waals surface area contributed by atoms with Gasteiger partial charge in [-0.05, 0) is 6.42 Å². The van der Waals surface area contributed by atoms with E-state index in [9.17, 15) is 8.78 Å². The van der Waals surface area contributed by atoms with Gasteiger partial charge in [-0.1, -0.05) is 0 Å². The van der Waals surface area contributed by atoms with Crippen LogP contribution in [0.15, 0.2) is 0 Å². The molecule has 0 fully saturated rings. The molecule has 0 aliphatic heterocycles. The summed E-state index contributed by atoms with van der Waals surface area (Å²) >= 11 is 0. The lowest BCUT2D eigenvalue weighted by Crippen LogP contribution is -2.26. The van der Waals surface area contributed by atoms with Crippen LogP contribution < -0.4 is 5.73 Å². The van der Waals surface area contributed by atoms with Crippen molar-refractivity contribution in [2.75, 3.05) is 19.8 Å². The Kier molecular flexibility index (Phi) is 6.30. The third-order valence-electron chi connectivity index (χ3n) is 1.11. The van der Waals surface area contributed by atoms with E-state index in [1.807, 2.05) is 0 Å². The molecular formula is C6H13F2NO2. The highest BCUT2D eigenvalue weighted by molar-refractivity contribution is 4.56. The van der Waals surface area contributed by atoms with Crippen molar-refractivity contribution in [3.63, 3.8) is 0 Å². The quantitative estimate of drug-likeness (QED) is 0.549. The Morgan fingerprint density at radius 2 is 2.09 bits per heavy atom. The molecule has 0 aromatic rings. The van der Waals surface area contributed by atoms with Gasteiger partial charge in [-0.3, -0.25) is 0 Å². The first-order chi connectivity index (χ1) is 5.16. The maximum atomic E-state index is 11.4. The second-order valence-electron chi connectivity index (χ2n) is 2.20. The molecule has 0 rings (SSSR count). The molecule has 0 saturated heterocycles. The Balaban J connectivity index is 3.01. The van der Waals surface area contributed by atoms with Crippen molar-refractivity contribution in [3.8, 4) is 0 Å². The molecule has 5 heteroatoms.